The highest BCUT2D eigenvalue weighted by molar-refractivity contribution is 5.70. The van der Waals surface area contributed by atoms with E-state index in [1.165, 1.54) is 10.9 Å². The molecule has 1 aliphatic heterocycles. The van der Waals surface area contributed by atoms with Crippen LogP contribution in [0.5, 0.6) is 0 Å². The summed E-state index contributed by atoms with van der Waals surface area (Å²) in [5.74, 6) is -0.374. The van der Waals surface area contributed by atoms with Crippen LogP contribution >= 0.6 is 0 Å². The van der Waals surface area contributed by atoms with Crippen molar-refractivity contribution in [2.45, 2.75) is 24.9 Å². The predicted octanol–water partition coefficient (Wildman–Crippen LogP) is -1.95. The quantitative estimate of drug-likeness (QED) is 0.465. The summed E-state index contributed by atoms with van der Waals surface area (Å²) in [4.78, 5) is 19.5. The Kier molecular flexibility index (Phi) is 2.85. The molecule has 0 bridgehead atoms. The van der Waals surface area contributed by atoms with E-state index >= 15 is 0 Å². The van der Waals surface area contributed by atoms with Crippen molar-refractivity contribution >= 4 is 17.1 Å². The van der Waals surface area contributed by atoms with Crippen molar-refractivity contribution in [2.75, 3.05) is 12.3 Å². The van der Waals surface area contributed by atoms with Gasteiger partial charge in [-0.25, -0.2) is 4.98 Å². The topological polar surface area (TPSA) is 149 Å². The Bertz CT molecular complexity index is 710. The number of nitrogens with two attached hydrogens (primary N) is 1. The second-order valence-electron chi connectivity index (χ2n) is 4.53. The van der Waals surface area contributed by atoms with Crippen LogP contribution < -0.4 is 11.3 Å². The molecule has 3 heterocycles. The first-order chi connectivity index (χ1) is 9.52. The summed E-state index contributed by atoms with van der Waals surface area (Å²) in [6.07, 6.45) is -0.602. The van der Waals surface area contributed by atoms with Gasteiger partial charge in [-0.05, 0) is 0 Å². The Labute approximate surface area is 111 Å². The number of anilines is 1. The van der Waals surface area contributed by atoms with Crippen molar-refractivity contribution in [3.05, 3.63) is 16.7 Å². The summed E-state index contributed by atoms with van der Waals surface area (Å²) >= 11 is 0. The second kappa shape index (κ2) is 4.44. The number of imidazole rings is 1. The van der Waals surface area contributed by atoms with Gasteiger partial charge in [0.15, 0.2) is 11.2 Å². The Hall–Kier alpha value is -2.17. The molecular weight excluding hydrogens is 270 g/mol. The fraction of sp³-hybridized carbons (Fsp3) is 0.500. The maximum Gasteiger partial charge on any atom is 0.316 e. The van der Waals surface area contributed by atoms with Gasteiger partial charge in [-0.15, -0.1) is 4.73 Å². The van der Waals surface area contributed by atoms with E-state index in [0.29, 0.717) is 0 Å². The number of fused-ring (bicyclic) bond motifs is 1. The lowest BCUT2D eigenvalue weighted by Gasteiger charge is -2.13. The molecule has 0 amide bonds. The molecule has 5 N–H and O–H groups in total. The SMILES string of the molecule is Nc1nc2c(ncn2[C@H]2C[C@H](O)[C@@H](CO)O2)c(=O)n1O. The number of aliphatic hydroxyl groups excluding tert-OH is 2. The van der Waals surface area contributed by atoms with Crippen molar-refractivity contribution in [3.63, 3.8) is 0 Å². The van der Waals surface area contributed by atoms with E-state index in [1.54, 1.807) is 0 Å². The largest absolute Gasteiger partial charge is 0.422 e. The standard InChI is InChI=1S/C10H13N5O5/c11-10-13-8-7(9(18)15(10)19)12-3-14(8)6-1-4(17)5(2-16)20-6/h3-6,16-17,19H,1-2H2,(H2,11,13)/t4-,5+,6+/m0/s1. The first-order valence-electron chi connectivity index (χ1n) is 5.91. The molecular formula is C10H13N5O5. The highest BCUT2D eigenvalue weighted by atomic mass is 16.5. The minimum atomic E-state index is -0.821. The number of aromatic nitrogens is 4. The average Bonchev–Trinajstić information content (AvgIpc) is 2.99. The van der Waals surface area contributed by atoms with Gasteiger partial charge in [-0.3, -0.25) is 9.36 Å². The summed E-state index contributed by atoms with van der Waals surface area (Å²) < 4.78 is 7.10. The van der Waals surface area contributed by atoms with Gasteiger partial charge >= 0.3 is 5.56 Å². The van der Waals surface area contributed by atoms with E-state index in [4.69, 9.17) is 15.6 Å². The molecule has 0 spiro atoms. The zero-order valence-electron chi connectivity index (χ0n) is 10.2. The first-order valence-corrected chi connectivity index (χ1v) is 5.91. The van der Waals surface area contributed by atoms with E-state index in [-0.39, 0.29) is 34.9 Å². The second-order valence-corrected chi connectivity index (χ2v) is 4.53. The van der Waals surface area contributed by atoms with Crippen LogP contribution in [0.1, 0.15) is 12.6 Å². The first kappa shape index (κ1) is 12.8. The summed E-state index contributed by atoms with van der Waals surface area (Å²) in [7, 11) is 0. The molecule has 2 aromatic heterocycles. The van der Waals surface area contributed by atoms with Crippen molar-refractivity contribution < 1.29 is 20.2 Å². The number of ether oxygens (including phenoxy) is 1. The van der Waals surface area contributed by atoms with Crippen molar-refractivity contribution in [3.8, 4) is 0 Å². The minimum absolute atomic E-state index is 0.0627. The predicted molar refractivity (Wildman–Crippen MR) is 65.0 cm³/mol. The van der Waals surface area contributed by atoms with Crippen LogP contribution in [0, 0.1) is 0 Å². The van der Waals surface area contributed by atoms with E-state index in [2.05, 4.69) is 9.97 Å². The van der Waals surface area contributed by atoms with Crippen LogP contribution in [0.2, 0.25) is 0 Å². The molecule has 3 rings (SSSR count). The molecule has 1 fully saturated rings. The molecule has 108 valence electrons. The summed E-state index contributed by atoms with van der Waals surface area (Å²) in [6, 6.07) is 0. The van der Waals surface area contributed by atoms with Gasteiger partial charge in [0.25, 0.3) is 0 Å². The molecule has 0 aromatic carbocycles. The molecule has 0 unspecified atom stereocenters. The number of nitrogens with zero attached hydrogens (tertiary/aromatic N) is 4. The zero-order valence-corrected chi connectivity index (χ0v) is 10.2. The van der Waals surface area contributed by atoms with E-state index in [1.807, 2.05) is 0 Å². The number of aliphatic hydroxyl groups is 2. The molecule has 1 aliphatic rings. The summed E-state index contributed by atoms with van der Waals surface area (Å²) in [5.41, 5.74) is 4.72. The van der Waals surface area contributed by atoms with Crippen molar-refractivity contribution in [1.29, 1.82) is 0 Å². The minimum Gasteiger partial charge on any atom is -0.422 e. The van der Waals surface area contributed by atoms with Gasteiger partial charge in [0.05, 0.1) is 19.0 Å². The molecule has 0 saturated carbocycles. The lowest BCUT2D eigenvalue weighted by molar-refractivity contribution is -0.0432. The third kappa shape index (κ3) is 1.73. The molecule has 0 radical (unpaired) electrons. The summed E-state index contributed by atoms with van der Waals surface area (Å²) in [6.45, 7) is -0.316. The van der Waals surface area contributed by atoms with Crippen molar-refractivity contribution in [1.82, 2.24) is 19.3 Å². The number of rotatable bonds is 2. The fourth-order valence-corrected chi connectivity index (χ4v) is 2.24. The van der Waals surface area contributed by atoms with Crippen molar-refractivity contribution in [2.24, 2.45) is 0 Å². The number of hydrogen-bond acceptors (Lipinski definition) is 8. The normalized spacial score (nSPS) is 26.4. The van der Waals surface area contributed by atoms with Gasteiger partial charge in [0.1, 0.15) is 12.3 Å². The van der Waals surface area contributed by atoms with E-state index in [0.717, 1.165) is 0 Å². The van der Waals surface area contributed by atoms with Crippen LogP contribution in [-0.2, 0) is 4.74 Å². The average molecular weight is 283 g/mol. The van der Waals surface area contributed by atoms with Crippen LogP contribution in [-0.4, -0.2) is 53.5 Å². The third-order valence-electron chi connectivity index (χ3n) is 3.29. The molecule has 3 atom stereocenters. The zero-order chi connectivity index (χ0) is 14.4. The highest BCUT2D eigenvalue weighted by Crippen LogP contribution is 2.30. The fourth-order valence-electron chi connectivity index (χ4n) is 2.24. The van der Waals surface area contributed by atoms with Crippen LogP contribution in [0.25, 0.3) is 11.2 Å². The summed E-state index contributed by atoms with van der Waals surface area (Å²) in [5, 5.41) is 28.1. The van der Waals surface area contributed by atoms with E-state index < -0.39 is 24.0 Å². The molecule has 10 nitrogen and oxygen atoms in total. The molecule has 1 saturated heterocycles. The maximum atomic E-state index is 11.7. The van der Waals surface area contributed by atoms with Gasteiger partial charge in [-0.1, -0.05) is 0 Å². The van der Waals surface area contributed by atoms with E-state index in [9.17, 15) is 15.1 Å². The Balaban J connectivity index is 2.08. The molecule has 20 heavy (non-hydrogen) atoms. The maximum absolute atomic E-state index is 11.7. The lowest BCUT2D eigenvalue weighted by Crippen LogP contribution is -2.24. The number of hydrogen-bond donors (Lipinski definition) is 4. The Morgan fingerprint density at radius 1 is 1.55 bits per heavy atom. The smallest absolute Gasteiger partial charge is 0.316 e. The van der Waals surface area contributed by atoms with Gasteiger partial charge in [-0.2, -0.15) is 4.98 Å². The monoisotopic (exact) mass is 283 g/mol. The Morgan fingerprint density at radius 3 is 2.95 bits per heavy atom. The molecule has 0 aliphatic carbocycles. The van der Waals surface area contributed by atoms with Gasteiger partial charge in [0.2, 0.25) is 5.95 Å². The number of nitrogen functional groups attached to an aromatic ring is 1. The van der Waals surface area contributed by atoms with Crippen LogP contribution in [0.3, 0.4) is 0 Å². The molecule has 10 heteroatoms. The van der Waals surface area contributed by atoms with Crippen LogP contribution in [0.4, 0.5) is 5.95 Å². The van der Waals surface area contributed by atoms with Gasteiger partial charge < -0.3 is 25.9 Å². The lowest BCUT2D eigenvalue weighted by atomic mass is 10.2. The van der Waals surface area contributed by atoms with Crippen LogP contribution in [0.15, 0.2) is 11.1 Å². The molecule has 2 aromatic rings. The Morgan fingerprint density at radius 2 is 2.30 bits per heavy atom. The highest BCUT2D eigenvalue weighted by Gasteiger charge is 2.35. The van der Waals surface area contributed by atoms with Gasteiger partial charge in [0, 0.05) is 6.42 Å². The third-order valence-corrected chi connectivity index (χ3v) is 3.29.